The lowest BCUT2D eigenvalue weighted by Crippen LogP contribution is -2.26. The second-order valence-electron chi connectivity index (χ2n) is 5.82. The summed E-state index contributed by atoms with van der Waals surface area (Å²) in [4.78, 5) is 20.6. The van der Waals surface area contributed by atoms with Crippen LogP contribution in [0.15, 0.2) is 25.3 Å². The fraction of sp³-hybridized carbons (Fsp3) is 0.684. The molecule has 0 saturated heterocycles. The first-order valence-electron chi connectivity index (χ1n) is 8.33. The molecule has 4 heteroatoms. The van der Waals surface area contributed by atoms with Crippen molar-refractivity contribution >= 4 is 11.9 Å². The first-order chi connectivity index (χ1) is 10.7. The van der Waals surface area contributed by atoms with E-state index in [1.165, 1.54) is 39.0 Å². The molecule has 0 heterocycles. The number of rotatable bonds is 10. The number of hydrogen-bond acceptors (Lipinski definition) is 2. The van der Waals surface area contributed by atoms with E-state index in [1.807, 2.05) is 13.8 Å². The molecule has 0 aliphatic rings. The third-order valence-corrected chi connectivity index (χ3v) is 3.74. The second-order valence-corrected chi connectivity index (χ2v) is 5.82. The normalized spacial score (nSPS) is 11.8. The molecule has 0 fully saturated rings. The molecule has 0 bridgehead atoms. The number of hydrogen-bond donors (Lipinski definition) is 2. The molecule has 0 aliphatic heterocycles. The van der Waals surface area contributed by atoms with Crippen molar-refractivity contribution in [2.24, 2.45) is 5.41 Å². The highest BCUT2D eigenvalue weighted by Crippen LogP contribution is 2.28. The van der Waals surface area contributed by atoms with Crippen molar-refractivity contribution in [3.8, 4) is 0 Å². The van der Waals surface area contributed by atoms with Crippen molar-refractivity contribution < 1.29 is 19.8 Å². The molecule has 0 aromatic rings. The van der Waals surface area contributed by atoms with Crippen molar-refractivity contribution in [3.05, 3.63) is 25.3 Å². The fourth-order valence-corrected chi connectivity index (χ4v) is 1.73. The lowest BCUT2D eigenvalue weighted by Gasteiger charge is -2.22. The molecule has 0 radical (unpaired) electrons. The Morgan fingerprint density at radius 3 is 1.65 bits per heavy atom. The van der Waals surface area contributed by atoms with Gasteiger partial charge in [0, 0.05) is 5.57 Å². The van der Waals surface area contributed by atoms with E-state index in [9.17, 15) is 9.59 Å². The van der Waals surface area contributed by atoms with Crippen molar-refractivity contribution in [1.82, 2.24) is 0 Å². The van der Waals surface area contributed by atoms with E-state index in [2.05, 4.69) is 26.7 Å². The van der Waals surface area contributed by atoms with Crippen LogP contribution in [0.3, 0.4) is 0 Å². The van der Waals surface area contributed by atoms with Crippen LogP contribution in [-0.4, -0.2) is 22.2 Å². The zero-order chi connectivity index (χ0) is 18.9. The minimum absolute atomic E-state index is 0.176. The summed E-state index contributed by atoms with van der Waals surface area (Å²) in [5, 5.41) is 17.0. The molecule has 0 amide bonds. The smallest absolute Gasteiger partial charge is 0.330 e. The number of carboxylic acid groups (broad SMARTS) is 2. The highest BCUT2D eigenvalue weighted by molar-refractivity contribution is 5.84. The lowest BCUT2D eigenvalue weighted by molar-refractivity contribution is -0.148. The van der Waals surface area contributed by atoms with Crippen LogP contribution in [-0.2, 0) is 9.59 Å². The van der Waals surface area contributed by atoms with E-state index in [0.717, 1.165) is 19.3 Å². The van der Waals surface area contributed by atoms with E-state index < -0.39 is 17.4 Å². The summed E-state index contributed by atoms with van der Waals surface area (Å²) in [5.74, 6) is -1.58. The third kappa shape index (κ3) is 16.6. The Bertz CT molecular complexity index is 324. The predicted molar refractivity (Wildman–Crippen MR) is 97.7 cm³/mol. The van der Waals surface area contributed by atoms with Gasteiger partial charge in [-0.25, -0.2) is 4.79 Å². The molecule has 0 aromatic heterocycles. The first-order valence-corrected chi connectivity index (χ1v) is 8.33. The van der Waals surface area contributed by atoms with Gasteiger partial charge in [-0.05, 0) is 26.7 Å². The summed E-state index contributed by atoms with van der Waals surface area (Å²) in [6.07, 6.45) is 8.93. The monoisotopic (exact) mass is 328 g/mol. The molecule has 0 saturated carbocycles. The van der Waals surface area contributed by atoms with Crippen molar-refractivity contribution in [2.75, 3.05) is 0 Å². The number of carboxylic acids is 2. The average molecular weight is 328 g/mol. The minimum Gasteiger partial charge on any atom is -0.481 e. The van der Waals surface area contributed by atoms with E-state index >= 15 is 0 Å². The summed E-state index contributed by atoms with van der Waals surface area (Å²) in [6, 6.07) is 0. The summed E-state index contributed by atoms with van der Waals surface area (Å²) >= 11 is 0. The van der Waals surface area contributed by atoms with Crippen LogP contribution in [0, 0.1) is 5.41 Å². The van der Waals surface area contributed by atoms with Gasteiger partial charge in [-0.15, -0.1) is 13.2 Å². The van der Waals surface area contributed by atoms with Gasteiger partial charge >= 0.3 is 11.9 Å². The maximum Gasteiger partial charge on any atom is 0.330 e. The van der Waals surface area contributed by atoms with Crippen LogP contribution in [0.1, 0.15) is 79.1 Å². The molecule has 1 unspecified atom stereocenters. The minimum atomic E-state index is -0.935. The van der Waals surface area contributed by atoms with Gasteiger partial charge in [-0.2, -0.15) is 0 Å². The first kappa shape index (κ1) is 26.3. The molecule has 1 atom stereocenters. The number of carbonyl (C=O) groups is 2. The Morgan fingerprint density at radius 2 is 1.35 bits per heavy atom. The molecule has 0 aromatic carbocycles. The molecule has 23 heavy (non-hydrogen) atoms. The maximum absolute atomic E-state index is 11.0. The molecule has 4 nitrogen and oxygen atoms in total. The second kappa shape index (κ2) is 16.8. The fourth-order valence-electron chi connectivity index (χ4n) is 1.73. The molecular weight excluding hydrogens is 292 g/mol. The molecule has 0 spiro atoms. The Balaban J connectivity index is -0.000000418. The van der Waals surface area contributed by atoms with Gasteiger partial charge < -0.3 is 10.2 Å². The molecule has 136 valence electrons. The molecule has 2 N–H and O–H groups in total. The van der Waals surface area contributed by atoms with Gasteiger partial charge in [-0.3, -0.25) is 4.79 Å². The quantitative estimate of drug-likeness (QED) is 0.307. The molecule has 0 aliphatic carbocycles. The SMILES string of the molecule is C=C.C=C(C)C(=O)O.CCCCCCCCC(C)(CC)C(=O)O. The summed E-state index contributed by atoms with van der Waals surface area (Å²) in [6.45, 7) is 16.6. The summed E-state index contributed by atoms with van der Waals surface area (Å²) in [7, 11) is 0. The highest BCUT2D eigenvalue weighted by Gasteiger charge is 2.29. The zero-order valence-corrected chi connectivity index (χ0v) is 15.5. The Hall–Kier alpha value is -1.58. The van der Waals surface area contributed by atoms with Gasteiger partial charge in [0.25, 0.3) is 0 Å². The lowest BCUT2D eigenvalue weighted by atomic mass is 9.82. The average Bonchev–Trinajstić information content (AvgIpc) is 2.52. The van der Waals surface area contributed by atoms with Crippen molar-refractivity contribution in [2.45, 2.75) is 79.1 Å². The van der Waals surface area contributed by atoms with E-state index in [4.69, 9.17) is 10.2 Å². The zero-order valence-electron chi connectivity index (χ0n) is 15.5. The van der Waals surface area contributed by atoms with Crippen LogP contribution in [0.4, 0.5) is 0 Å². The van der Waals surface area contributed by atoms with E-state index in [-0.39, 0.29) is 5.57 Å². The summed E-state index contributed by atoms with van der Waals surface area (Å²) in [5.41, 5.74) is -0.319. The van der Waals surface area contributed by atoms with Crippen LogP contribution in [0.2, 0.25) is 0 Å². The number of aliphatic carboxylic acids is 2. The highest BCUT2D eigenvalue weighted by atomic mass is 16.4. The van der Waals surface area contributed by atoms with Gasteiger partial charge in [0.2, 0.25) is 0 Å². The Morgan fingerprint density at radius 1 is 0.957 bits per heavy atom. The van der Waals surface area contributed by atoms with E-state index in [1.54, 1.807) is 0 Å². The van der Waals surface area contributed by atoms with Crippen molar-refractivity contribution in [1.29, 1.82) is 0 Å². The van der Waals surface area contributed by atoms with Gasteiger partial charge in [-0.1, -0.05) is 59.0 Å². The van der Waals surface area contributed by atoms with Crippen LogP contribution in [0.25, 0.3) is 0 Å². The van der Waals surface area contributed by atoms with Crippen molar-refractivity contribution in [3.63, 3.8) is 0 Å². The Kier molecular flexibility index (Phi) is 19.2. The molecule has 0 rings (SSSR count). The van der Waals surface area contributed by atoms with Gasteiger partial charge in [0.05, 0.1) is 5.41 Å². The standard InChI is InChI=1S/C13H26O2.C4H6O2.C2H4/c1-4-6-7-8-9-10-11-13(3,5-2)12(14)15;1-3(2)4(5)6;1-2/h4-11H2,1-3H3,(H,14,15);1H2,2H3,(H,5,6);1-2H2. The third-order valence-electron chi connectivity index (χ3n) is 3.74. The van der Waals surface area contributed by atoms with Crippen LogP contribution < -0.4 is 0 Å². The predicted octanol–water partition coefficient (Wildman–Crippen LogP) is 5.69. The maximum atomic E-state index is 11.0. The van der Waals surface area contributed by atoms with Gasteiger partial charge in [0.15, 0.2) is 0 Å². The Labute approximate surface area is 142 Å². The van der Waals surface area contributed by atoms with E-state index in [0.29, 0.717) is 0 Å². The van der Waals surface area contributed by atoms with Crippen LogP contribution in [0.5, 0.6) is 0 Å². The largest absolute Gasteiger partial charge is 0.481 e. The molecular formula is C19H36O4. The summed E-state index contributed by atoms with van der Waals surface area (Å²) < 4.78 is 0. The van der Waals surface area contributed by atoms with Gasteiger partial charge in [0.1, 0.15) is 0 Å². The topological polar surface area (TPSA) is 74.6 Å². The van der Waals surface area contributed by atoms with Crippen LogP contribution >= 0.6 is 0 Å². The number of unbranched alkanes of at least 4 members (excludes halogenated alkanes) is 5.